The first-order chi connectivity index (χ1) is 8.33. The maximum Gasteiger partial charge on any atom is 0.124 e. The van der Waals surface area contributed by atoms with Crippen LogP contribution in [0.5, 0.6) is 5.75 Å². The summed E-state index contributed by atoms with van der Waals surface area (Å²) in [6, 6.07) is 8.50. The van der Waals surface area contributed by atoms with Gasteiger partial charge in [0.2, 0.25) is 0 Å². The van der Waals surface area contributed by atoms with Crippen LogP contribution in [0.4, 0.5) is 5.69 Å². The van der Waals surface area contributed by atoms with Crippen LogP contribution in [0.1, 0.15) is 18.0 Å². The van der Waals surface area contributed by atoms with Gasteiger partial charge in [-0.3, -0.25) is 4.68 Å². The van der Waals surface area contributed by atoms with Gasteiger partial charge in [-0.15, -0.1) is 0 Å². The molecule has 1 aliphatic heterocycles. The number of aromatic nitrogens is 2. The number of nitrogens with one attached hydrogen (secondary N) is 1. The van der Waals surface area contributed by atoms with E-state index in [-0.39, 0.29) is 0 Å². The second kappa shape index (κ2) is 4.13. The molecule has 0 amide bonds. The number of anilines is 1. The molecule has 2 heterocycles. The number of hydrogen-bond acceptors (Lipinski definition) is 3. The van der Waals surface area contributed by atoms with Gasteiger partial charge >= 0.3 is 0 Å². The van der Waals surface area contributed by atoms with Gasteiger partial charge in [-0.2, -0.15) is 5.10 Å². The Morgan fingerprint density at radius 3 is 3.12 bits per heavy atom. The van der Waals surface area contributed by atoms with E-state index in [0.717, 1.165) is 24.5 Å². The lowest BCUT2D eigenvalue weighted by molar-refractivity contribution is 0.274. The van der Waals surface area contributed by atoms with Crippen molar-refractivity contribution in [3.8, 4) is 5.75 Å². The number of nitrogens with zero attached hydrogens (tertiary/aromatic N) is 2. The summed E-state index contributed by atoms with van der Waals surface area (Å²) in [5.74, 6) is 0.986. The fraction of sp³-hybridized carbons (Fsp3) is 0.308. The number of aryl methyl sites for hydroxylation is 1. The van der Waals surface area contributed by atoms with Gasteiger partial charge in [0.05, 0.1) is 24.5 Å². The molecule has 0 aliphatic carbocycles. The summed E-state index contributed by atoms with van der Waals surface area (Å²) in [6.07, 6.45) is 4.81. The number of fused-ring (bicyclic) bond motifs is 1. The zero-order valence-corrected chi connectivity index (χ0v) is 9.76. The minimum Gasteiger partial charge on any atom is -0.493 e. The first-order valence-electron chi connectivity index (χ1n) is 5.80. The first-order valence-corrected chi connectivity index (χ1v) is 5.80. The van der Waals surface area contributed by atoms with Gasteiger partial charge in [0.25, 0.3) is 0 Å². The van der Waals surface area contributed by atoms with Gasteiger partial charge in [0.15, 0.2) is 0 Å². The standard InChI is InChI=1S/C13H15N3O/c1-16-9-10(8-14-16)15-12-6-7-17-13-5-3-2-4-11(12)13/h2-5,8-9,12,15H,6-7H2,1H3. The van der Waals surface area contributed by atoms with E-state index in [9.17, 15) is 0 Å². The third-order valence-electron chi connectivity index (χ3n) is 3.00. The Labute approximate surface area is 100 Å². The molecule has 0 saturated carbocycles. The van der Waals surface area contributed by atoms with Gasteiger partial charge in [-0.25, -0.2) is 0 Å². The second-order valence-electron chi connectivity index (χ2n) is 4.27. The molecule has 1 aliphatic rings. The van der Waals surface area contributed by atoms with Gasteiger partial charge in [0.1, 0.15) is 5.75 Å². The molecule has 1 unspecified atom stereocenters. The van der Waals surface area contributed by atoms with Crippen LogP contribution in [-0.4, -0.2) is 16.4 Å². The summed E-state index contributed by atoms with van der Waals surface area (Å²) in [4.78, 5) is 0. The van der Waals surface area contributed by atoms with E-state index in [1.54, 1.807) is 4.68 Å². The SMILES string of the molecule is Cn1cc(NC2CCOc3ccccc32)cn1. The van der Waals surface area contributed by atoms with Crippen molar-refractivity contribution in [1.29, 1.82) is 0 Å². The third-order valence-corrected chi connectivity index (χ3v) is 3.00. The van der Waals surface area contributed by atoms with Crippen LogP contribution in [0, 0.1) is 0 Å². The summed E-state index contributed by atoms with van der Waals surface area (Å²) in [6.45, 7) is 0.759. The summed E-state index contributed by atoms with van der Waals surface area (Å²) in [5, 5.41) is 7.66. The van der Waals surface area contributed by atoms with E-state index < -0.39 is 0 Å². The van der Waals surface area contributed by atoms with Crippen molar-refractivity contribution in [3.05, 3.63) is 42.2 Å². The molecule has 4 heteroatoms. The Bertz CT molecular complexity index is 521. The smallest absolute Gasteiger partial charge is 0.124 e. The second-order valence-corrected chi connectivity index (χ2v) is 4.27. The molecular weight excluding hydrogens is 214 g/mol. The lowest BCUT2D eigenvalue weighted by atomic mass is 10.0. The quantitative estimate of drug-likeness (QED) is 0.859. The molecule has 0 bridgehead atoms. The first kappa shape index (κ1) is 10.2. The minimum atomic E-state index is 0.309. The highest BCUT2D eigenvalue weighted by atomic mass is 16.5. The van der Waals surface area contributed by atoms with Gasteiger partial charge in [0, 0.05) is 25.2 Å². The van der Waals surface area contributed by atoms with Crippen molar-refractivity contribution < 1.29 is 4.74 Å². The topological polar surface area (TPSA) is 39.1 Å². The Balaban J connectivity index is 1.85. The monoisotopic (exact) mass is 229 g/mol. The van der Waals surface area contributed by atoms with E-state index in [4.69, 9.17) is 4.74 Å². The average Bonchev–Trinajstić information content (AvgIpc) is 2.75. The minimum absolute atomic E-state index is 0.309. The molecule has 1 atom stereocenters. The van der Waals surface area contributed by atoms with Gasteiger partial charge in [-0.1, -0.05) is 18.2 Å². The molecule has 1 aromatic carbocycles. The molecule has 1 N–H and O–H groups in total. The summed E-state index contributed by atoms with van der Waals surface area (Å²) >= 11 is 0. The van der Waals surface area contributed by atoms with Crippen molar-refractivity contribution in [2.24, 2.45) is 7.05 Å². The normalized spacial score (nSPS) is 18.3. The fourth-order valence-electron chi connectivity index (χ4n) is 2.19. The largest absolute Gasteiger partial charge is 0.493 e. The highest BCUT2D eigenvalue weighted by Gasteiger charge is 2.20. The maximum atomic E-state index is 5.64. The average molecular weight is 229 g/mol. The van der Waals surface area contributed by atoms with Crippen molar-refractivity contribution >= 4 is 5.69 Å². The van der Waals surface area contributed by atoms with Crippen LogP contribution >= 0.6 is 0 Å². The highest BCUT2D eigenvalue weighted by Crippen LogP contribution is 2.33. The van der Waals surface area contributed by atoms with Crippen LogP contribution in [0.2, 0.25) is 0 Å². The Hall–Kier alpha value is -1.97. The molecular formula is C13H15N3O. The predicted molar refractivity (Wildman–Crippen MR) is 66.1 cm³/mol. The van der Waals surface area contributed by atoms with Crippen molar-refractivity contribution in [2.75, 3.05) is 11.9 Å². The van der Waals surface area contributed by atoms with E-state index >= 15 is 0 Å². The number of hydrogen-bond donors (Lipinski definition) is 1. The van der Waals surface area contributed by atoms with Crippen LogP contribution < -0.4 is 10.1 Å². The van der Waals surface area contributed by atoms with Crippen molar-refractivity contribution in [1.82, 2.24) is 9.78 Å². The Morgan fingerprint density at radius 1 is 1.41 bits per heavy atom. The Kier molecular flexibility index (Phi) is 2.48. The molecule has 0 fully saturated rings. The zero-order chi connectivity index (χ0) is 11.7. The van der Waals surface area contributed by atoms with Crippen LogP contribution in [0.25, 0.3) is 0 Å². The van der Waals surface area contributed by atoms with E-state index in [1.807, 2.05) is 37.6 Å². The molecule has 1 aromatic heterocycles. The molecule has 3 rings (SSSR count). The Morgan fingerprint density at radius 2 is 2.29 bits per heavy atom. The van der Waals surface area contributed by atoms with Crippen LogP contribution in [-0.2, 0) is 7.05 Å². The van der Waals surface area contributed by atoms with Gasteiger partial charge in [-0.05, 0) is 6.07 Å². The summed E-state index contributed by atoms with van der Waals surface area (Å²) in [7, 11) is 1.92. The number of benzene rings is 1. The maximum absolute atomic E-state index is 5.64. The number of ether oxygens (including phenoxy) is 1. The molecule has 0 spiro atoms. The number of rotatable bonds is 2. The van der Waals surface area contributed by atoms with E-state index in [1.165, 1.54) is 5.56 Å². The predicted octanol–water partition coefficient (Wildman–Crippen LogP) is 2.36. The lowest BCUT2D eigenvalue weighted by Crippen LogP contribution is -2.20. The van der Waals surface area contributed by atoms with Crippen molar-refractivity contribution in [3.63, 3.8) is 0 Å². The highest BCUT2D eigenvalue weighted by molar-refractivity contribution is 5.46. The summed E-state index contributed by atoms with van der Waals surface area (Å²) in [5.41, 5.74) is 2.27. The molecule has 17 heavy (non-hydrogen) atoms. The molecule has 4 nitrogen and oxygen atoms in total. The lowest BCUT2D eigenvalue weighted by Gasteiger charge is -2.26. The van der Waals surface area contributed by atoms with Crippen LogP contribution in [0.15, 0.2) is 36.7 Å². The fourth-order valence-corrected chi connectivity index (χ4v) is 2.19. The number of para-hydroxylation sites is 1. The third kappa shape index (κ3) is 1.98. The van der Waals surface area contributed by atoms with Gasteiger partial charge < -0.3 is 10.1 Å². The molecule has 88 valence electrons. The zero-order valence-electron chi connectivity index (χ0n) is 9.76. The van der Waals surface area contributed by atoms with E-state index in [0.29, 0.717) is 6.04 Å². The molecule has 0 radical (unpaired) electrons. The van der Waals surface area contributed by atoms with Crippen LogP contribution in [0.3, 0.4) is 0 Å². The molecule has 2 aromatic rings. The summed E-state index contributed by atoms with van der Waals surface area (Å²) < 4.78 is 7.43. The van der Waals surface area contributed by atoms with Crippen molar-refractivity contribution in [2.45, 2.75) is 12.5 Å². The molecule has 0 saturated heterocycles. The van der Waals surface area contributed by atoms with E-state index in [2.05, 4.69) is 16.5 Å².